The number of rotatable bonds is 6. The van der Waals surface area contributed by atoms with Crippen LogP contribution in [0.25, 0.3) is 49.6 Å². The van der Waals surface area contributed by atoms with Gasteiger partial charge in [-0.15, -0.1) is 0 Å². The number of allylic oxidation sites excluding steroid dienone is 4. The number of nitrogens with zero attached hydrogens (tertiary/aromatic N) is 5. The van der Waals surface area contributed by atoms with Gasteiger partial charge in [-0.3, -0.25) is 0 Å². The van der Waals surface area contributed by atoms with Crippen molar-refractivity contribution < 1.29 is 0 Å². The van der Waals surface area contributed by atoms with Gasteiger partial charge in [-0.1, -0.05) is 152 Å². The summed E-state index contributed by atoms with van der Waals surface area (Å²) in [5.74, 6) is 1.14. The van der Waals surface area contributed by atoms with Crippen LogP contribution in [0, 0.1) is 0 Å². The first kappa shape index (κ1) is 34.8. The number of aromatic nitrogens is 1. The van der Waals surface area contributed by atoms with Gasteiger partial charge in [0.25, 0.3) is 0 Å². The summed E-state index contributed by atoms with van der Waals surface area (Å²) in [4.78, 5) is 17.4. The van der Waals surface area contributed by atoms with Crippen LogP contribution in [0.15, 0.2) is 210 Å². The third-order valence-corrected chi connectivity index (χ3v) is 11.2. The van der Waals surface area contributed by atoms with E-state index in [9.17, 15) is 0 Å². The zero-order chi connectivity index (χ0) is 39.0. The van der Waals surface area contributed by atoms with Crippen molar-refractivity contribution in [2.75, 3.05) is 4.90 Å². The molecule has 0 amide bonds. The highest BCUT2D eigenvalue weighted by Gasteiger charge is 2.25. The van der Waals surface area contributed by atoms with Crippen LogP contribution in [0.4, 0.5) is 11.4 Å². The highest BCUT2D eigenvalue weighted by molar-refractivity contribution is 6.14. The Kier molecular flexibility index (Phi) is 8.88. The highest BCUT2D eigenvalue weighted by atomic mass is 15.1. The highest BCUT2D eigenvalue weighted by Crippen LogP contribution is 2.43. The molecule has 58 heavy (non-hydrogen) atoms. The maximum absolute atomic E-state index is 5.37. The molecule has 0 bridgehead atoms. The van der Waals surface area contributed by atoms with E-state index in [0.717, 1.165) is 62.2 Å². The molecule has 1 aliphatic heterocycles. The molecule has 7 aromatic carbocycles. The molecule has 5 nitrogen and oxygen atoms in total. The predicted molar refractivity (Wildman–Crippen MR) is 245 cm³/mol. The van der Waals surface area contributed by atoms with Crippen LogP contribution in [0.2, 0.25) is 0 Å². The smallest absolute Gasteiger partial charge is 0.161 e. The molecule has 0 saturated carbocycles. The fourth-order valence-corrected chi connectivity index (χ4v) is 8.43. The van der Waals surface area contributed by atoms with Crippen molar-refractivity contribution in [1.29, 1.82) is 0 Å². The molecular formula is C53H39N5. The van der Waals surface area contributed by atoms with Crippen molar-refractivity contribution >= 4 is 57.1 Å². The van der Waals surface area contributed by atoms with Crippen molar-refractivity contribution in [3.63, 3.8) is 0 Å². The van der Waals surface area contributed by atoms with Gasteiger partial charge in [-0.05, 0) is 88.5 Å². The zero-order valence-electron chi connectivity index (χ0n) is 32.0. The number of para-hydroxylation sites is 3. The number of hydrogen-bond donors (Lipinski definition) is 0. The van der Waals surface area contributed by atoms with E-state index < -0.39 is 0 Å². The Morgan fingerprint density at radius 3 is 2.07 bits per heavy atom. The summed E-state index contributed by atoms with van der Waals surface area (Å²) in [6.07, 6.45) is 9.04. The number of anilines is 2. The largest absolute Gasteiger partial charge is 0.320 e. The minimum absolute atomic E-state index is 0.380. The summed E-state index contributed by atoms with van der Waals surface area (Å²) in [7, 11) is 0. The van der Waals surface area contributed by atoms with Crippen molar-refractivity contribution in [1.82, 2.24) is 4.57 Å². The van der Waals surface area contributed by atoms with E-state index in [2.05, 4.69) is 204 Å². The molecule has 1 aromatic heterocycles. The summed E-state index contributed by atoms with van der Waals surface area (Å²) in [5.41, 5.74) is 15.6. The summed E-state index contributed by atoms with van der Waals surface area (Å²) >= 11 is 0. The van der Waals surface area contributed by atoms with Crippen LogP contribution in [-0.4, -0.2) is 23.0 Å². The SMILES string of the molecule is C=N/C(=N\C(=N/Cn1c2ccccc2c2ccccc21)c1cccc2c1Cc1cc(N3/C=C\C=C/C(=C)c4ccccc43)ccc1-2)c1ccc(-c2ccccc2)cc1. The number of fused-ring (bicyclic) bond motifs is 7. The van der Waals surface area contributed by atoms with E-state index in [1.54, 1.807) is 0 Å². The molecule has 0 N–H and O–H groups in total. The minimum Gasteiger partial charge on any atom is -0.320 e. The van der Waals surface area contributed by atoms with Gasteiger partial charge >= 0.3 is 0 Å². The normalized spacial score (nSPS) is 14.8. The Hall–Kier alpha value is -7.63. The molecule has 5 heteroatoms. The molecule has 10 rings (SSSR count). The standard InChI is InChI=1S/C53H39N5/c1-36-15-12-13-32-57(49-23-9-6-18-42(36)49)41-30-31-43-40(33-41)34-48-44(43)21-14-22-47(48)53(55-35-58-50-24-10-7-19-45(50)46-20-8-11-25-51(46)58)56-52(54-2)39-28-26-38(27-29-39)37-16-4-3-5-17-37/h3-33H,1-2,34-35H2/b15-12-,32-13-,55-53-,56-52-. The summed E-state index contributed by atoms with van der Waals surface area (Å²) in [6.45, 7) is 8.71. The lowest BCUT2D eigenvalue weighted by atomic mass is 10.00. The summed E-state index contributed by atoms with van der Waals surface area (Å²) in [5, 5.41) is 2.41. The van der Waals surface area contributed by atoms with E-state index in [1.165, 1.54) is 33.0 Å². The van der Waals surface area contributed by atoms with Gasteiger partial charge in [0.1, 0.15) is 6.67 Å². The molecule has 1 aliphatic carbocycles. The molecule has 0 atom stereocenters. The lowest BCUT2D eigenvalue weighted by Crippen LogP contribution is -2.11. The van der Waals surface area contributed by atoms with E-state index in [-0.39, 0.29) is 0 Å². The maximum Gasteiger partial charge on any atom is 0.161 e. The van der Waals surface area contributed by atoms with E-state index in [0.29, 0.717) is 18.3 Å². The Labute approximate surface area is 338 Å². The summed E-state index contributed by atoms with van der Waals surface area (Å²) in [6, 6.07) is 57.5. The average molecular weight is 746 g/mol. The second-order valence-electron chi connectivity index (χ2n) is 14.6. The lowest BCUT2D eigenvalue weighted by Gasteiger charge is -2.25. The van der Waals surface area contributed by atoms with E-state index in [1.807, 2.05) is 12.1 Å². The fourth-order valence-electron chi connectivity index (χ4n) is 8.43. The molecule has 0 saturated heterocycles. The molecule has 2 heterocycles. The maximum atomic E-state index is 5.37. The van der Waals surface area contributed by atoms with Crippen LogP contribution < -0.4 is 4.90 Å². The van der Waals surface area contributed by atoms with Gasteiger partial charge < -0.3 is 9.47 Å². The van der Waals surface area contributed by atoms with Gasteiger partial charge in [-0.25, -0.2) is 15.0 Å². The topological polar surface area (TPSA) is 45.2 Å². The third kappa shape index (κ3) is 6.19. The first-order valence-electron chi connectivity index (χ1n) is 19.5. The molecule has 0 unspecified atom stereocenters. The van der Waals surface area contributed by atoms with Crippen molar-refractivity contribution in [3.8, 4) is 22.3 Å². The molecule has 0 fully saturated rings. The predicted octanol–water partition coefficient (Wildman–Crippen LogP) is 12.8. The lowest BCUT2D eigenvalue weighted by molar-refractivity contribution is 0.791. The van der Waals surface area contributed by atoms with Gasteiger partial charge in [-0.2, -0.15) is 0 Å². The molecule has 2 aliphatic rings. The van der Waals surface area contributed by atoms with E-state index >= 15 is 0 Å². The second-order valence-corrected chi connectivity index (χ2v) is 14.6. The Balaban J connectivity index is 1.08. The minimum atomic E-state index is 0.380. The van der Waals surface area contributed by atoms with Crippen LogP contribution in [-0.2, 0) is 13.1 Å². The van der Waals surface area contributed by atoms with Crippen LogP contribution >= 0.6 is 0 Å². The molecule has 0 radical (unpaired) electrons. The Morgan fingerprint density at radius 2 is 1.29 bits per heavy atom. The van der Waals surface area contributed by atoms with Crippen LogP contribution in [0.3, 0.4) is 0 Å². The molecule has 276 valence electrons. The van der Waals surface area contributed by atoms with Gasteiger partial charge in [0, 0.05) is 39.4 Å². The van der Waals surface area contributed by atoms with Crippen molar-refractivity contribution in [2.24, 2.45) is 15.0 Å². The zero-order valence-corrected chi connectivity index (χ0v) is 32.0. The molecular weight excluding hydrogens is 707 g/mol. The average Bonchev–Trinajstić information content (AvgIpc) is 3.81. The quantitative estimate of drug-likeness (QED) is 0.123. The number of amidine groups is 2. The monoisotopic (exact) mass is 745 g/mol. The first-order valence-corrected chi connectivity index (χ1v) is 19.5. The van der Waals surface area contributed by atoms with Crippen molar-refractivity contribution in [3.05, 3.63) is 223 Å². The van der Waals surface area contributed by atoms with Crippen LogP contribution in [0.1, 0.15) is 27.8 Å². The first-order chi connectivity index (χ1) is 28.6. The summed E-state index contributed by atoms with van der Waals surface area (Å²) < 4.78 is 2.28. The van der Waals surface area contributed by atoms with Crippen LogP contribution in [0.5, 0.6) is 0 Å². The molecule has 0 spiro atoms. The molecule has 8 aromatic rings. The van der Waals surface area contributed by atoms with Crippen molar-refractivity contribution in [2.45, 2.75) is 13.1 Å². The van der Waals surface area contributed by atoms with Gasteiger partial charge in [0.15, 0.2) is 11.7 Å². The third-order valence-electron chi connectivity index (χ3n) is 11.2. The van der Waals surface area contributed by atoms with Gasteiger partial charge in [0.05, 0.1) is 16.7 Å². The fraction of sp³-hybridized carbons (Fsp3) is 0.0377. The number of benzene rings is 7. The van der Waals surface area contributed by atoms with E-state index in [4.69, 9.17) is 9.98 Å². The second kappa shape index (κ2) is 14.8. The Bertz CT molecular complexity index is 2980. The van der Waals surface area contributed by atoms with Gasteiger partial charge in [0.2, 0.25) is 0 Å². The Morgan fingerprint density at radius 1 is 0.603 bits per heavy atom. The number of aliphatic imine (C=N–C) groups is 3. The number of hydrogen-bond acceptors (Lipinski definition) is 2.